The SMILES string of the molecule is C=CCC#CCOc1c(C(C)C)occc1=O. The lowest BCUT2D eigenvalue weighted by molar-refractivity contribution is 0.329. The van der Waals surface area contributed by atoms with Gasteiger partial charge in [0.05, 0.1) is 6.26 Å². The fraction of sp³-hybridized carbons (Fsp3) is 0.357. The van der Waals surface area contributed by atoms with Gasteiger partial charge in [-0.2, -0.15) is 0 Å². The monoisotopic (exact) mass is 232 g/mol. The second-order valence-corrected chi connectivity index (χ2v) is 3.77. The summed E-state index contributed by atoms with van der Waals surface area (Å²) in [7, 11) is 0. The van der Waals surface area contributed by atoms with Crippen molar-refractivity contribution in [3.8, 4) is 17.6 Å². The standard InChI is InChI=1S/C14H16O3/c1-4-5-6-7-9-16-14-12(15)8-10-17-13(14)11(2)3/h4,8,10-11H,1,5,9H2,2-3H3. The summed E-state index contributed by atoms with van der Waals surface area (Å²) in [6, 6.07) is 1.35. The highest BCUT2D eigenvalue weighted by atomic mass is 16.5. The Balaban J connectivity index is 2.80. The first-order valence-corrected chi connectivity index (χ1v) is 5.48. The number of hydrogen-bond donors (Lipinski definition) is 0. The third kappa shape index (κ3) is 3.84. The van der Waals surface area contributed by atoms with Crippen LogP contribution in [0.15, 0.2) is 34.2 Å². The van der Waals surface area contributed by atoms with Gasteiger partial charge in [0, 0.05) is 18.4 Å². The Kier molecular flexibility index (Phi) is 5.09. The Hall–Kier alpha value is -1.95. The fourth-order valence-electron chi connectivity index (χ4n) is 1.26. The Morgan fingerprint density at radius 3 is 2.94 bits per heavy atom. The van der Waals surface area contributed by atoms with E-state index in [1.165, 1.54) is 12.3 Å². The van der Waals surface area contributed by atoms with E-state index in [-0.39, 0.29) is 23.7 Å². The zero-order chi connectivity index (χ0) is 12.7. The quantitative estimate of drug-likeness (QED) is 0.592. The van der Waals surface area contributed by atoms with Crippen LogP contribution in [0, 0.1) is 11.8 Å². The molecule has 0 aliphatic carbocycles. The van der Waals surface area contributed by atoms with Gasteiger partial charge in [0.2, 0.25) is 11.2 Å². The molecule has 0 saturated heterocycles. The minimum atomic E-state index is -0.175. The minimum absolute atomic E-state index is 0.0973. The average Bonchev–Trinajstić information content (AvgIpc) is 2.30. The number of hydrogen-bond acceptors (Lipinski definition) is 3. The van der Waals surface area contributed by atoms with Crippen molar-refractivity contribution in [1.29, 1.82) is 0 Å². The maximum absolute atomic E-state index is 11.6. The molecule has 0 spiro atoms. The molecule has 0 amide bonds. The zero-order valence-electron chi connectivity index (χ0n) is 10.2. The normalized spacial score (nSPS) is 9.59. The van der Waals surface area contributed by atoms with Crippen molar-refractivity contribution in [2.24, 2.45) is 0 Å². The van der Waals surface area contributed by atoms with Gasteiger partial charge in [-0.15, -0.1) is 6.58 Å². The van der Waals surface area contributed by atoms with Crippen molar-refractivity contribution in [2.45, 2.75) is 26.2 Å². The second kappa shape index (κ2) is 6.59. The summed E-state index contributed by atoms with van der Waals surface area (Å²) in [5.74, 6) is 6.57. The Bertz CT molecular complexity index is 486. The lowest BCUT2D eigenvalue weighted by atomic mass is 10.1. The Labute approximate surface area is 101 Å². The van der Waals surface area contributed by atoms with Gasteiger partial charge in [0.25, 0.3) is 0 Å². The predicted octanol–water partition coefficient (Wildman–Crippen LogP) is 2.72. The molecule has 0 bridgehead atoms. The number of rotatable bonds is 4. The fourth-order valence-corrected chi connectivity index (χ4v) is 1.26. The molecule has 0 unspecified atom stereocenters. The molecule has 0 aliphatic heterocycles. The lowest BCUT2D eigenvalue weighted by Gasteiger charge is -2.09. The Morgan fingerprint density at radius 1 is 1.53 bits per heavy atom. The molecular formula is C14H16O3. The van der Waals surface area contributed by atoms with Gasteiger partial charge in [-0.25, -0.2) is 0 Å². The van der Waals surface area contributed by atoms with Crippen molar-refractivity contribution in [1.82, 2.24) is 0 Å². The third-order valence-electron chi connectivity index (χ3n) is 2.05. The summed E-state index contributed by atoms with van der Waals surface area (Å²) >= 11 is 0. The highest BCUT2D eigenvalue weighted by molar-refractivity contribution is 5.27. The predicted molar refractivity (Wildman–Crippen MR) is 67.2 cm³/mol. The molecule has 0 atom stereocenters. The molecule has 1 aromatic heterocycles. The van der Waals surface area contributed by atoms with Crippen LogP contribution in [0.3, 0.4) is 0 Å². The van der Waals surface area contributed by atoms with E-state index in [0.29, 0.717) is 12.2 Å². The van der Waals surface area contributed by atoms with Crippen molar-refractivity contribution < 1.29 is 9.15 Å². The van der Waals surface area contributed by atoms with Crippen LogP contribution in [0.2, 0.25) is 0 Å². The molecule has 0 N–H and O–H groups in total. The van der Waals surface area contributed by atoms with E-state index in [0.717, 1.165) is 0 Å². The summed E-state index contributed by atoms with van der Waals surface area (Å²) in [4.78, 5) is 11.6. The van der Waals surface area contributed by atoms with E-state index in [1.54, 1.807) is 6.08 Å². The third-order valence-corrected chi connectivity index (χ3v) is 2.05. The molecule has 0 fully saturated rings. The molecule has 0 saturated carbocycles. The first-order valence-electron chi connectivity index (χ1n) is 5.48. The molecule has 17 heavy (non-hydrogen) atoms. The van der Waals surface area contributed by atoms with Crippen LogP contribution >= 0.6 is 0 Å². The molecule has 1 aromatic rings. The topological polar surface area (TPSA) is 39.4 Å². The molecular weight excluding hydrogens is 216 g/mol. The molecule has 90 valence electrons. The maximum Gasteiger partial charge on any atom is 0.227 e. The summed E-state index contributed by atoms with van der Waals surface area (Å²) in [6.07, 6.45) is 3.71. The molecule has 3 heteroatoms. The second-order valence-electron chi connectivity index (χ2n) is 3.77. The van der Waals surface area contributed by atoms with Gasteiger partial charge in [0.15, 0.2) is 5.76 Å². The van der Waals surface area contributed by atoms with E-state index in [4.69, 9.17) is 9.15 Å². The van der Waals surface area contributed by atoms with Gasteiger partial charge in [-0.05, 0) is 0 Å². The van der Waals surface area contributed by atoms with Crippen LogP contribution in [-0.4, -0.2) is 6.61 Å². The van der Waals surface area contributed by atoms with Crippen molar-refractivity contribution in [2.75, 3.05) is 6.61 Å². The average molecular weight is 232 g/mol. The number of allylic oxidation sites excluding steroid dienone is 1. The van der Waals surface area contributed by atoms with Crippen molar-refractivity contribution in [3.05, 3.63) is 41.0 Å². The van der Waals surface area contributed by atoms with Gasteiger partial charge in [-0.1, -0.05) is 31.8 Å². The van der Waals surface area contributed by atoms with E-state index < -0.39 is 0 Å². The van der Waals surface area contributed by atoms with Gasteiger partial charge >= 0.3 is 0 Å². The lowest BCUT2D eigenvalue weighted by Crippen LogP contribution is -2.10. The Morgan fingerprint density at radius 2 is 2.29 bits per heavy atom. The first kappa shape index (κ1) is 13.1. The molecule has 0 aliphatic rings. The number of ether oxygens (including phenoxy) is 1. The van der Waals surface area contributed by atoms with E-state index in [2.05, 4.69) is 18.4 Å². The molecule has 1 rings (SSSR count). The van der Waals surface area contributed by atoms with Crippen LogP contribution in [0.1, 0.15) is 31.9 Å². The summed E-state index contributed by atoms with van der Waals surface area (Å²) < 4.78 is 10.7. The summed E-state index contributed by atoms with van der Waals surface area (Å²) in [5, 5.41) is 0. The van der Waals surface area contributed by atoms with E-state index in [9.17, 15) is 4.79 Å². The van der Waals surface area contributed by atoms with Crippen molar-refractivity contribution in [3.63, 3.8) is 0 Å². The van der Waals surface area contributed by atoms with Crippen molar-refractivity contribution >= 4 is 0 Å². The van der Waals surface area contributed by atoms with Crippen LogP contribution in [0.4, 0.5) is 0 Å². The minimum Gasteiger partial charge on any atom is -0.473 e. The molecule has 3 nitrogen and oxygen atoms in total. The van der Waals surface area contributed by atoms with Gasteiger partial charge in [-0.3, -0.25) is 4.79 Å². The molecule has 0 aromatic carbocycles. The highest BCUT2D eigenvalue weighted by Gasteiger charge is 2.13. The van der Waals surface area contributed by atoms with Crippen LogP contribution in [-0.2, 0) is 0 Å². The summed E-state index contributed by atoms with van der Waals surface area (Å²) in [5.41, 5.74) is -0.175. The summed E-state index contributed by atoms with van der Waals surface area (Å²) in [6.45, 7) is 7.62. The van der Waals surface area contributed by atoms with Gasteiger partial charge in [0.1, 0.15) is 6.61 Å². The first-order chi connectivity index (χ1) is 8.16. The molecule has 0 radical (unpaired) electrons. The molecule has 1 heterocycles. The van der Waals surface area contributed by atoms with Crippen LogP contribution in [0.5, 0.6) is 5.75 Å². The van der Waals surface area contributed by atoms with Crippen LogP contribution in [0.25, 0.3) is 0 Å². The smallest absolute Gasteiger partial charge is 0.227 e. The van der Waals surface area contributed by atoms with E-state index >= 15 is 0 Å². The van der Waals surface area contributed by atoms with Gasteiger partial charge < -0.3 is 9.15 Å². The maximum atomic E-state index is 11.6. The highest BCUT2D eigenvalue weighted by Crippen LogP contribution is 2.22. The zero-order valence-corrected chi connectivity index (χ0v) is 10.2. The van der Waals surface area contributed by atoms with E-state index in [1.807, 2.05) is 13.8 Å². The largest absolute Gasteiger partial charge is 0.473 e. The van der Waals surface area contributed by atoms with Crippen LogP contribution < -0.4 is 10.2 Å².